The van der Waals surface area contributed by atoms with Crippen LogP contribution in [0.15, 0.2) is 12.4 Å². The average Bonchev–Trinajstić information content (AvgIpc) is 2.70. The highest BCUT2D eigenvalue weighted by Crippen LogP contribution is 2.09. The summed E-state index contributed by atoms with van der Waals surface area (Å²) >= 11 is 0. The maximum Gasteiger partial charge on any atom is 0.317 e. The molecule has 0 saturated carbocycles. The van der Waals surface area contributed by atoms with E-state index in [2.05, 4.69) is 15.3 Å². The number of urea groups is 1. The minimum Gasteiger partial charge on any atom is -0.338 e. The van der Waals surface area contributed by atoms with Crippen molar-refractivity contribution in [1.29, 1.82) is 0 Å². The number of likely N-dealkylation sites (tertiary alicyclic amines) is 1. The molecule has 0 bridgehead atoms. The van der Waals surface area contributed by atoms with Gasteiger partial charge in [0.25, 0.3) is 0 Å². The van der Waals surface area contributed by atoms with E-state index in [1.54, 1.807) is 12.4 Å². The molecule has 1 saturated heterocycles. The molecule has 1 aliphatic rings. The van der Waals surface area contributed by atoms with Crippen LogP contribution in [0.2, 0.25) is 0 Å². The number of amides is 2. The Morgan fingerprint density at radius 1 is 1.21 bits per heavy atom. The van der Waals surface area contributed by atoms with E-state index in [4.69, 9.17) is 0 Å². The van der Waals surface area contributed by atoms with Crippen molar-refractivity contribution in [1.82, 2.24) is 20.2 Å². The van der Waals surface area contributed by atoms with Gasteiger partial charge >= 0.3 is 6.03 Å². The number of nitrogens with one attached hydrogen (secondary N) is 1. The van der Waals surface area contributed by atoms with E-state index in [1.807, 2.05) is 11.8 Å². The lowest BCUT2D eigenvalue weighted by atomic mass is 10.2. The second-order valence-corrected chi connectivity index (χ2v) is 5.03. The first kappa shape index (κ1) is 13.8. The van der Waals surface area contributed by atoms with Gasteiger partial charge in [0, 0.05) is 38.4 Å². The predicted octanol–water partition coefficient (Wildman–Crippen LogP) is 1.91. The van der Waals surface area contributed by atoms with Gasteiger partial charge in [-0.25, -0.2) is 4.79 Å². The van der Waals surface area contributed by atoms with Crippen LogP contribution in [0.3, 0.4) is 0 Å². The molecule has 1 N–H and O–H groups in total. The maximum absolute atomic E-state index is 12.0. The molecule has 1 aliphatic heterocycles. The van der Waals surface area contributed by atoms with E-state index in [-0.39, 0.29) is 6.03 Å². The highest BCUT2D eigenvalue weighted by molar-refractivity contribution is 5.74. The molecule has 0 atom stereocenters. The second-order valence-electron chi connectivity index (χ2n) is 5.03. The number of carbonyl (C=O) groups is 1. The Hall–Kier alpha value is -1.65. The third kappa shape index (κ3) is 4.50. The van der Waals surface area contributed by atoms with E-state index in [0.717, 1.165) is 43.7 Å². The van der Waals surface area contributed by atoms with E-state index < -0.39 is 0 Å². The van der Waals surface area contributed by atoms with E-state index in [0.29, 0.717) is 6.54 Å². The summed E-state index contributed by atoms with van der Waals surface area (Å²) in [6, 6.07) is 0.0574. The Morgan fingerprint density at radius 2 is 1.95 bits per heavy atom. The van der Waals surface area contributed by atoms with Crippen LogP contribution < -0.4 is 5.32 Å². The van der Waals surface area contributed by atoms with Crippen molar-refractivity contribution >= 4 is 6.03 Å². The number of hydrogen-bond acceptors (Lipinski definition) is 3. The molecule has 2 amide bonds. The lowest BCUT2D eigenvalue weighted by Gasteiger charge is -2.20. The summed E-state index contributed by atoms with van der Waals surface area (Å²) in [6.07, 6.45) is 8.98. The van der Waals surface area contributed by atoms with Crippen LogP contribution in [0.1, 0.15) is 37.1 Å². The second kappa shape index (κ2) is 7.07. The summed E-state index contributed by atoms with van der Waals surface area (Å²) < 4.78 is 0. The normalized spacial score (nSPS) is 15.9. The monoisotopic (exact) mass is 262 g/mol. The molecule has 1 aromatic heterocycles. The highest BCUT2D eigenvalue weighted by atomic mass is 16.2. The lowest BCUT2D eigenvalue weighted by Crippen LogP contribution is -2.41. The van der Waals surface area contributed by atoms with Crippen LogP contribution >= 0.6 is 0 Å². The molecule has 2 heterocycles. The van der Waals surface area contributed by atoms with Gasteiger partial charge in [-0.3, -0.25) is 9.97 Å². The zero-order valence-electron chi connectivity index (χ0n) is 11.6. The van der Waals surface area contributed by atoms with Crippen LogP contribution in [0.4, 0.5) is 4.79 Å². The van der Waals surface area contributed by atoms with Crippen LogP contribution in [0.5, 0.6) is 0 Å². The van der Waals surface area contributed by atoms with Crippen LogP contribution in [-0.4, -0.2) is 40.5 Å². The summed E-state index contributed by atoms with van der Waals surface area (Å²) in [4.78, 5) is 22.4. The molecular formula is C14H22N4O. The largest absolute Gasteiger partial charge is 0.338 e. The van der Waals surface area contributed by atoms with E-state index >= 15 is 0 Å². The Bertz CT molecular complexity index is 396. The number of rotatable bonds is 3. The van der Waals surface area contributed by atoms with Crippen molar-refractivity contribution in [3.63, 3.8) is 0 Å². The van der Waals surface area contributed by atoms with Gasteiger partial charge in [0.05, 0.1) is 11.4 Å². The Labute approximate surface area is 114 Å². The molecule has 0 aliphatic carbocycles. The summed E-state index contributed by atoms with van der Waals surface area (Å²) in [5, 5.41) is 2.96. The molecule has 19 heavy (non-hydrogen) atoms. The predicted molar refractivity (Wildman–Crippen MR) is 73.9 cm³/mol. The number of carbonyl (C=O) groups excluding carboxylic acids is 1. The summed E-state index contributed by atoms with van der Waals surface area (Å²) in [5.74, 6) is 0. The van der Waals surface area contributed by atoms with Gasteiger partial charge in [-0.05, 0) is 19.8 Å². The van der Waals surface area contributed by atoms with Gasteiger partial charge in [-0.2, -0.15) is 0 Å². The first-order valence-electron chi connectivity index (χ1n) is 7.06. The van der Waals surface area contributed by atoms with Crippen molar-refractivity contribution in [2.24, 2.45) is 0 Å². The minimum atomic E-state index is 0.0574. The topological polar surface area (TPSA) is 58.1 Å². The maximum atomic E-state index is 12.0. The number of nitrogens with zero attached hydrogens (tertiary/aromatic N) is 3. The number of aromatic nitrogens is 2. The van der Waals surface area contributed by atoms with Crippen molar-refractivity contribution in [3.8, 4) is 0 Å². The fraction of sp³-hybridized carbons (Fsp3) is 0.643. The van der Waals surface area contributed by atoms with Gasteiger partial charge in [0.2, 0.25) is 0 Å². The summed E-state index contributed by atoms with van der Waals surface area (Å²) in [6.45, 7) is 4.30. The molecule has 2 rings (SSSR count). The molecule has 5 heteroatoms. The lowest BCUT2D eigenvalue weighted by molar-refractivity contribution is 0.200. The van der Waals surface area contributed by atoms with Crippen molar-refractivity contribution in [2.45, 2.75) is 39.0 Å². The Balaban J connectivity index is 1.72. The molecule has 0 spiro atoms. The zero-order valence-corrected chi connectivity index (χ0v) is 11.6. The van der Waals surface area contributed by atoms with Gasteiger partial charge in [-0.15, -0.1) is 0 Å². The fourth-order valence-electron chi connectivity index (χ4n) is 2.23. The molecule has 0 unspecified atom stereocenters. The molecule has 0 radical (unpaired) electrons. The fourth-order valence-corrected chi connectivity index (χ4v) is 2.23. The minimum absolute atomic E-state index is 0.0574. The van der Waals surface area contributed by atoms with E-state index in [1.165, 1.54) is 12.8 Å². The molecule has 1 fully saturated rings. The first-order chi connectivity index (χ1) is 9.25. The Morgan fingerprint density at radius 3 is 2.58 bits per heavy atom. The standard InChI is InChI=1S/C14H22N4O/c1-12-10-17-13(11-16-12)6-7-15-14(19)18-8-4-2-3-5-9-18/h10-11H,2-9H2,1H3,(H,15,19). The SMILES string of the molecule is Cc1cnc(CCNC(=O)N2CCCCCC2)cn1. The quantitative estimate of drug-likeness (QED) is 0.905. The number of hydrogen-bond donors (Lipinski definition) is 1. The molecular weight excluding hydrogens is 240 g/mol. The molecule has 104 valence electrons. The van der Waals surface area contributed by atoms with Crippen molar-refractivity contribution < 1.29 is 4.79 Å². The van der Waals surface area contributed by atoms with Crippen LogP contribution in [0, 0.1) is 6.92 Å². The first-order valence-corrected chi connectivity index (χ1v) is 7.06. The Kier molecular flexibility index (Phi) is 5.12. The van der Waals surface area contributed by atoms with Crippen molar-refractivity contribution in [3.05, 3.63) is 23.8 Å². The van der Waals surface area contributed by atoms with Crippen molar-refractivity contribution in [2.75, 3.05) is 19.6 Å². The third-order valence-corrected chi connectivity index (χ3v) is 3.39. The van der Waals surface area contributed by atoms with Crippen LogP contribution in [-0.2, 0) is 6.42 Å². The smallest absolute Gasteiger partial charge is 0.317 e. The molecule has 1 aromatic rings. The van der Waals surface area contributed by atoms with Gasteiger partial charge in [0.1, 0.15) is 0 Å². The third-order valence-electron chi connectivity index (χ3n) is 3.39. The molecule has 0 aromatic carbocycles. The average molecular weight is 262 g/mol. The van der Waals surface area contributed by atoms with Gasteiger partial charge < -0.3 is 10.2 Å². The zero-order chi connectivity index (χ0) is 13.5. The van der Waals surface area contributed by atoms with Crippen LogP contribution in [0.25, 0.3) is 0 Å². The summed E-state index contributed by atoms with van der Waals surface area (Å²) in [5.41, 5.74) is 1.83. The van der Waals surface area contributed by atoms with Gasteiger partial charge in [-0.1, -0.05) is 12.8 Å². The summed E-state index contributed by atoms with van der Waals surface area (Å²) in [7, 11) is 0. The van der Waals surface area contributed by atoms with E-state index in [9.17, 15) is 4.79 Å². The molecule has 5 nitrogen and oxygen atoms in total. The van der Waals surface area contributed by atoms with Gasteiger partial charge in [0.15, 0.2) is 0 Å². The number of aryl methyl sites for hydroxylation is 1. The highest BCUT2D eigenvalue weighted by Gasteiger charge is 2.14.